The summed E-state index contributed by atoms with van der Waals surface area (Å²) in [4.78, 5) is 11.9. The molecule has 0 bridgehead atoms. The van der Waals surface area contributed by atoms with E-state index < -0.39 is 0 Å². The molecule has 0 saturated heterocycles. The van der Waals surface area contributed by atoms with Crippen molar-refractivity contribution in [2.24, 2.45) is 0 Å². The maximum atomic E-state index is 11.9. The van der Waals surface area contributed by atoms with Crippen molar-refractivity contribution in [3.63, 3.8) is 0 Å². The highest BCUT2D eigenvalue weighted by molar-refractivity contribution is 5.74. The molecular formula is C16H19N5O. The van der Waals surface area contributed by atoms with Crippen LogP contribution >= 0.6 is 0 Å². The van der Waals surface area contributed by atoms with Crippen LogP contribution in [0.4, 0.5) is 4.79 Å². The summed E-state index contributed by atoms with van der Waals surface area (Å²) in [6, 6.07) is 9.70. The van der Waals surface area contributed by atoms with E-state index in [4.69, 9.17) is 0 Å². The number of amides is 2. The second-order valence-electron chi connectivity index (χ2n) is 5.28. The Hall–Kier alpha value is -2.63. The second-order valence-corrected chi connectivity index (χ2v) is 5.28. The first-order valence-corrected chi connectivity index (χ1v) is 7.49. The number of rotatable bonds is 4. The molecule has 2 aromatic rings. The summed E-state index contributed by atoms with van der Waals surface area (Å²) < 4.78 is 1.69. The van der Waals surface area contributed by atoms with Crippen molar-refractivity contribution in [3.8, 4) is 5.69 Å². The second kappa shape index (κ2) is 6.89. The Morgan fingerprint density at radius 1 is 1.32 bits per heavy atom. The van der Waals surface area contributed by atoms with E-state index in [1.54, 1.807) is 4.68 Å². The zero-order chi connectivity index (χ0) is 15.2. The molecule has 0 fully saturated rings. The predicted molar refractivity (Wildman–Crippen MR) is 83.5 cm³/mol. The number of nitrogens with zero attached hydrogens (tertiary/aromatic N) is 3. The zero-order valence-electron chi connectivity index (χ0n) is 12.3. The molecule has 1 heterocycles. The summed E-state index contributed by atoms with van der Waals surface area (Å²) in [5, 5.41) is 13.9. The molecule has 22 heavy (non-hydrogen) atoms. The molecule has 0 saturated carbocycles. The number of aromatic nitrogens is 3. The number of allylic oxidation sites excluding steroid dienone is 1. The minimum absolute atomic E-state index is 0.133. The third-order valence-corrected chi connectivity index (χ3v) is 3.56. The van der Waals surface area contributed by atoms with Crippen molar-refractivity contribution < 1.29 is 4.79 Å². The summed E-state index contributed by atoms with van der Waals surface area (Å²) >= 11 is 0. The molecule has 1 atom stereocenters. The quantitative estimate of drug-likeness (QED) is 0.850. The van der Waals surface area contributed by atoms with Crippen LogP contribution in [-0.2, 0) is 6.54 Å². The van der Waals surface area contributed by atoms with Gasteiger partial charge in [0.1, 0.15) is 5.69 Å². The molecule has 6 heteroatoms. The Labute approximate surface area is 129 Å². The van der Waals surface area contributed by atoms with Gasteiger partial charge in [0.25, 0.3) is 0 Å². The van der Waals surface area contributed by atoms with Gasteiger partial charge in [-0.2, -0.15) is 0 Å². The van der Waals surface area contributed by atoms with Crippen LogP contribution in [0.5, 0.6) is 0 Å². The number of hydrogen-bond acceptors (Lipinski definition) is 3. The molecule has 1 aliphatic rings. The predicted octanol–water partition coefficient (Wildman–Crippen LogP) is 2.18. The highest BCUT2D eigenvalue weighted by atomic mass is 16.2. The molecule has 0 spiro atoms. The smallest absolute Gasteiger partial charge is 0.315 e. The van der Waals surface area contributed by atoms with Gasteiger partial charge in [0.2, 0.25) is 0 Å². The van der Waals surface area contributed by atoms with Crippen LogP contribution < -0.4 is 10.6 Å². The zero-order valence-corrected chi connectivity index (χ0v) is 12.3. The topological polar surface area (TPSA) is 71.8 Å². The number of carbonyl (C=O) groups excluding carboxylic acids is 1. The molecule has 1 aromatic heterocycles. The third-order valence-electron chi connectivity index (χ3n) is 3.56. The SMILES string of the molecule is O=C(NCc1cn(-c2ccccc2)nn1)N[C@@H]1C=CCCC1. The molecule has 1 aromatic carbocycles. The van der Waals surface area contributed by atoms with E-state index in [-0.39, 0.29) is 12.1 Å². The molecule has 2 amide bonds. The van der Waals surface area contributed by atoms with Crippen molar-refractivity contribution in [2.75, 3.05) is 0 Å². The van der Waals surface area contributed by atoms with Crippen LogP contribution in [0.25, 0.3) is 5.69 Å². The van der Waals surface area contributed by atoms with Gasteiger partial charge < -0.3 is 10.6 Å². The van der Waals surface area contributed by atoms with Crippen LogP contribution in [0.1, 0.15) is 25.0 Å². The number of urea groups is 1. The van der Waals surface area contributed by atoms with Gasteiger partial charge in [0.05, 0.1) is 18.4 Å². The largest absolute Gasteiger partial charge is 0.332 e. The molecule has 0 unspecified atom stereocenters. The summed E-state index contributed by atoms with van der Waals surface area (Å²) in [6.45, 7) is 0.356. The Morgan fingerprint density at radius 2 is 2.18 bits per heavy atom. The number of para-hydroxylation sites is 1. The van der Waals surface area contributed by atoms with Gasteiger partial charge in [-0.25, -0.2) is 9.48 Å². The first-order valence-electron chi connectivity index (χ1n) is 7.49. The minimum Gasteiger partial charge on any atom is -0.332 e. The standard InChI is InChI=1S/C16H19N5O/c22-16(18-13-7-3-1-4-8-13)17-11-14-12-21(20-19-14)15-9-5-2-6-10-15/h2-3,5-7,9-10,12-13H,1,4,8,11H2,(H2,17,18,22)/t13-/m1/s1. The minimum atomic E-state index is -0.175. The van der Waals surface area contributed by atoms with E-state index in [2.05, 4.69) is 33.1 Å². The molecular weight excluding hydrogens is 278 g/mol. The van der Waals surface area contributed by atoms with E-state index in [9.17, 15) is 4.79 Å². The van der Waals surface area contributed by atoms with Crippen LogP contribution in [0.2, 0.25) is 0 Å². The molecule has 2 N–H and O–H groups in total. The van der Waals surface area contributed by atoms with Gasteiger partial charge in [-0.1, -0.05) is 35.6 Å². The Balaban J connectivity index is 1.51. The molecule has 0 aliphatic heterocycles. The lowest BCUT2D eigenvalue weighted by Crippen LogP contribution is -2.41. The van der Waals surface area contributed by atoms with Gasteiger partial charge in [-0.3, -0.25) is 0 Å². The highest BCUT2D eigenvalue weighted by Gasteiger charge is 2.11. The van der Waals surface area contributed by atoms with Crippen molar-refractivity contribution in [2.45, 2.75) is 31.8 Å². The monoisotopic (exact) mass is 297 g/mol. The first-order chi connectivity index (χ1) is 10.8. The maximum absolute atomic E-state index is 11.9. The molecule has 1 aliphatic carbocycles. The third kappa shape index (κ3) is 3.72. The van der Waals surface area contributed by atoms with Crippen LogP contribution in [0, 0.1) is 0 Å². The Morgan fingerprint density at radius 3 is 2.95 bits per heavy atom. The average Bonchev–Trinajstić information content (AvgIpc) is 3.04. The summed E-state index contributed by atoms with van der Waals surface area (Å²) in [5.74, 6) is 0. The summed E-state index contributed by atoms with van der Waals surface area (Å²) in [5.41, 5.74) is 1.66. The van der Waals surface area contributed by atoms with Crippen LogP contribution in [-0.4, -0.2) is 27.1 Å². The summed E-state index contributed by atoms with van der Waals surface area (Å²) in [6.07, 6.45) is 9.19. The van der Waals surface area contributed by atoms with Crippen molar-refractivity contribution in [3.05, 3.63) is 54.4 Å². The number of nitrogens with one attached hydrogen (secondary N) is 2. The number of hydrogen-bond donors (Lipinski definition) is 2. The molecule has 6 nitrogen and oxygen atoms in total. The van der Waals surface area contributed by atoms with Gasteiger partial charge >= 0.3 is 6.03 Å². The fourth-order valence-corrected chi connectivity index (χ4v) is 2.41. The fourth-order valence-electron chi connectivity index (χ4n) is 2.41. The van der Waals surface area contributed by atoms with Crippen LogP contribution in [0.15, 0.2) is 48.7 Å². The van der Waals surface area contributed by atoms with Gasteiger partial charge in [0.15, 0.2) is 0 Å². The van der Waals surface area contributed by atoms with Gasteiger partial charge in [-0.15, -0.1) is 5.10 Å². The van der Waals surface area contributed by atoms with E-state index in [1.807, 2.05) is 36.5 Å². The first kappa shape index (κ1) is 14.3. The fraction of sp³-hybridized carbons (Fsp3) is 0.312. The van der Waals surface area contributed by atoms with Crippen molar-refractivity contribution >= 4 is 6.03 Å². The average molecular weight is 297 g/mol. The lowest BCUT2D eigenvalue weighted by Gasteiger charge is -2.17. The highest BCUT2D eigenvalue weighted by Crippen LogP contribution is 2.10. The van der Waals surface area contributed by atoms with Gasteiger partial charge in [-0.05, 0) is 31.4 Å². The van der Waals surface area contributed by atoms with E-state index in [0.717, 1.165) is 30.6 Å². The van der Waals surface area contributed by atoms with Crippen LogP contribution in [0.3, 0.4) is 0 Å². The molecule has 3 rings (SSSR count). The normalized spacial score (nSPS) is 17.2. The van der Waals surface area contributed by atoms with Gasteiger partial charge in [0, 0.05) is 6.04 Å². The number of carbonyl (C=O) groups is 1. The molecule has 114 valence electrons. The van der Waals surface area contributed by atoms with E-state index in [1.165, 1.54) is 0 Å². The summed E-state index contributed by atoms with van der Waals surface area (Å²) in [7, 11) is 0. The Kier molecular flexibility index (Phi) is 4.48. The maximum Gasteiger partial charge on any atom is 0.315 e. The molecule has 0 radical (unpaired) electrons. The van der Waals surface area contributed by atoms with E-state index in [0.29, 0.717) is 6.54 Å². The Bertz CT molecular complexity index is 650. The van der Waals surface area contributed by atoms with Crippen molar-refractivity contribution in [1.29, 1.82) is 0 Å². The lowest BCUT2D eigenvalue weighted by molar-refractivity contribution is 0.237. The number of benzene rings is 1. The van der Waals surface area contributed by atoms with Crippen molar-refractivity contribution in [1.82, 2.24) is 25.6 Å². The van der Waals surface area contributed by atoms with E-state index >= 15 is 0 Å². The lowest BCUT2D eigenvalue weighted by atomic mass is 10.0.